The summed E-state index contributed by atoms with van der Waals surface area (Å²) in [5.41, 5.74) is 1.40. The van der Waals surface area contributed by atoms with Crippen molar-refractivity contribution in [2.24, 2.45) is 5.92 Å². The summed E-state index contributed by atoms with van der Waals surface area (Å²) < 4.78 is 25.9. The van der Waals surface area contributed by atoms with Gasteiger partial charge in [-0.25, -0.2) is 8.78 Å². The molecule has 0 nitrogen and oxygen atoms in total. The summed E-state index contributed by atoms with van der Waals surface area (Å²) >= 11 is 0. The van der Waals surface area contributed by atoms with Gasteiger partial charge in [0, 0.05) is 5.56 Å². The van der Waals surface area contributed by atoms with Gasteiger partial charge in [-0.05, 0) is 55.2 Å². The van der Waals surface area contributed by atoms with Gasteiger partial charge < -0.3 is 0 Å². The lowest BCUT2D eigenvalue weighted by molar-refractivity contribution is 0.304. The van der Waals surface area contributed by atoms with Gasteiger partial charge in [0.25, 0.3) is 0 Å². The van der Waals surface area contributed by atoms with Crippen LogP contribution in [0, 0.1) is 11.7 Å². The van der Waals surface area contributed by atoms with Gasteiger partial charge in [0.2, 0.25) is 0 Å². The summed E-state index contributed by atoms with van der Waals surface area (Å²) in [4.78, 5) is 0. The average Bonchev–Trinajstić information content (AvgIpc) is 2.48. The molecule has 0 atom stereocenters. The molecule has 0 radical (unpaired) electrons. The summed E-state index contributed by atoms with van der Waals surface area (Å²) in [7, 11) is 0. The lowest BCUT2D eigenvalue weighted by Gasteiger charge is -2.29. The number of hydrogen-bond acceptors (Lipinski definition) is 0. The summed E-state index contributed by atoms with van der Waals surface area (Å²) in [6.45, 7) is 2.24. The van der Waals surface area contributed by atoms with Crippen LogP contribution in [-0.2, 0) is 0 Å². The van der Waals surface area contributed by atoms with Gasteiger partial charge in [-0.3, -0.25) is 0 Å². The zero-order valence-corrected chi connectivity index (χ0v) is 12.2. The molecule has 1 aromatic carbocycles. The van der Waals surface area contributed by atoms with Crippen molar-refractivity contribution in [1.29, 1.82) is 0 Å². The fraction of sp³-hybridized carbons (Fsp3) is 0.556. The van der Waals surface area contributed by atoms with E-state index in [4.69, 9.17) is 0 Å². The average molecular weight is 278 g/mol. The molecule has 20 heavy (non-hydrogen) atoms. The van der Waals surface area contributed by atoms with Crippen LogP contribution in [0.15, 0.2) is 24.5 Å². The first-order chi connectivity index (χ1) is 9.74. The van der Waals surface area contributed by atoms with Crippen molar-refractivity contribution in [3.05, 3.63) is 41.5 Å². The van der Waals surface area contributed by atoms with E-state index in [1.54, 1.807) is 12.1 Å². The van der Waals surface area contributed by atoms with E-state index in [9.17, 15) is 8.78 Å². The molecule has 1 aliphatic carbocycles. The van der Waals surface area contributed by atoms with Crippen molar-refractivity contribution in [1.82, 2.24) is 0 Å². The molecule has 2 rings (SSSR count). The Kier molecular flexibility index (Phi) is 5.75. The summed E-state index contributed by atoms with van der Waals surface area (Å²) in [5, 5.41) is 0. The molecule has 0 bridgehead atoms. The van der Waals surface area contributed by atoms with Gasteiger partial charge in [-0.1, -0.05) is 38.3 Å². The number of benzene rings is 1. The van der Waals surface area contributed by atoms with Crippen LogP contribution in [0.1, 0.15) is 68.9 Å². The molecule has 0 unspecified atom stereocenters. The third-order valence-corrected chi connectivity index (χ3v) is 4.55. The van der Waals surface area contributed by atoms with Crippen molar-refractivity contribution in [3.63, 3.8) is 0 Å². The van der Waals surface area contributed by atoms with Crippen LogP contribution < -0.4 is 0 Å². The van der Waals surface area contributed by atoms with Crippen molar-refractivity contribution in [2.45, 2.75) is 57.8 Å². The van der Waals surface area contributed by atoms with Gasteiger partial charge in [0.15, 0.2) is 0 Å². The van der Waals surface area contributed by atoms with Crippen LogP contribution >= 0.6 is 0 Å². The van der Waals surface area contributed by atoms with Crippen molar-refractivity contribution >= 4 is 6.08 Å². The van der Waals surface area contributed by atoms with Crippen LogP contribution in [0.3, 0.4) is 0 Å². The number of halogens is 2. The van der Waals surface area contributed by atoms with E-state index in [1.165, 1.54) is 38.2 Å². The normalized spacial score (nSPS) is 23.4. The van der Waals surface area contributed by atoms with Crippen LogP contribution in [-0.4, -0.2) is 0 Å². The molecule has 0 N–H and O–H groups in total. The quantitative estimate of drug-likeness (QED) is 0.599. The van der Waals surface area contributed by atoms with Crippen LogP contribution in [0.25, 0.3) is 6.08 Å². The Hall–Kier alpha value is -1.18. The molecule has 0 heterocycles. The maximum Gasteiger partial charge on any atom is 0.130 e. The molecule has 1 saturated carbocycles. The highest BCUT2D eigenvalue weighted by Gasteiger charge is 2.22. The topological polar surface area (TPSA) is 0 Å². The van der Waals surface area contributed by atoms with E-state index >= 15 is 0 Å². The molecular weight excluding hydrogens is 254 g/mol. The van der Waals surface area contributed by atoms with Crippen LogP contribution in [0.4, 0.5) is 8.78 Å². The molecule has 110 valence electrons. The Morgan fingerprint density at radius 1 is 1.20 bits per heavy atom. The van der Waals surface area contributed by atoms with E-state index in [1.807, 2.05) is 6.07 Å². The highest BCUT2D eigenvalue weighted by atomic mass is 19.1. The summed E-state index contributed by atoms with van der Waals surface area (Å²) in [5.74, 6) is 1.03. The fourth-order valence-corrected chi connectivity index (χ4v) is 3.28. The molecule has 1 aliphatic rings. The molecule has 0 aromatic heterocycles. The second kappa shape index (κ2) is 7.56. The van der Waals surface area contributed by atoms with Crippen LogP contribution in [0.5, 0.6) is 0 Å². The first kappa shape index (κ1) is 15.2. The Balaban J connectivity index is 1.95. The molecule has 1 aromatic rings. The first-order valence-electron chi connectivity index (χ1n) is 7.80. The molecule has 0 saturated heterocycles. The molecule has 1 fully saturated rings. The SMILES string of the molecule is CCCCC1CCC(c2ccc(/C=C/F)c(F)c2)CC1. The van der Waals surface area contributed by atoms with E-state index in [-0.39, 0.29) is 5.82 Å². The predicted molar refractivity (Wildman–Crippen MR) is 80.8 cm³/mol. The van der Waals surface area contributed by atoms with Gasteiger partial charge in [-0.15, -0.1) is 0 Å². The van der Waals surface area contributed by atoms with Gasteiger partial charge >= 0.3 is 0 Å². The van der Waals surface area contributed by atoms with Crippen molar-refractivity contribution in [3.8, 4) is 0 Å². The van der Waals surface area contributed by atoms with Gasteiger partial charge in [0.1, 0.15) is 5.82 Å². The van der Waals surface area contributed by atoms with Crippen LogP contribution in [0.2, 0.25) is 0 Å². The molecule has 0 amide bonds. The van der Waals surface area contributed by atoms with E-state index in [0.29, 0.717) is 17.8 Å². The molecular formula is C18H24F2. The highest BCUT2D eigenvalue weighted by molar-refractivity contribution is 5.49. The Bertz CT molecular complexity index is 443. The minimum Gasteiger partial charge on any atom is -0.216 e. The van der Waals surface area contributed by atoms with Crippen molar-refractivity contribution in [2.75, 3.05) is 0 Å². The number of rotatable bonds is 5. The third-order valence-electron chi connectivity index (χ3n) is 4.55. The van der Waals surface area contributed by atoms with Crippen molar-refractivity contribution < 1.29 is 8.78 Å². The first-order valence-corrected chi connectivity index (χ1v) is 7.80. The monoisotopic (exact) mass is 278 g/mol. The van der Waals surface area contributed by atoms with E-state index < -0.39 is 0 Å². The van der Waals surface area contributed by atoms with E-state index in [2.05, 4.69) is 6.92 Å². The molecule has 0 aliphatic heterocycles. The minimum atomic E-state index is -0.315. The maximum atomic E-state index is 13.8. The molecule has 2 heteroatoms. The summed E-state index contributed by atoms with van der Waals surface area (Å²) in [6.07, 6.45) is 10.3. The minimum absolute atomic E-state index is 0.315. The predicted octanol–water partition coefficient (Wildman–Crippen LogP) is 6.23. The fourth-order valence-electron chi connectivity index (χ4n) is 3.28. The largest absolute Gasteiger partial charge is 0.216 e. The number of unbranched alkanes of at least 4 members (excludes halogenated alkanes) is 1. The molecule has 0 spiro atoms. The maximum absolute atomic E-state index is 13.8. The third kappa shape index (κ3) is 3.91. The lowest BCUT2D eigenvalue weighted by Crippen LogP contribution is -2.13. The Labute approximate surface area is 120 Å². The van der Waals surface area contributed by atoms with E-state index in [0.717, 1.165) is 24.3 Å². The smallest absolute Gasteiger partial charge is 0.130 e. The zero-order valence-electron chi connectivity index (χ0n) is 12.2. The summed E-state index contributed by atoms with van der Waals surface area (Å²) in [6, 6.07) is 5.23. The second-order valence-corrected chi connectivity index (χ2v) is 5.93. The van der Waals surface area contributed by atoms with Gasteiger partial charge in [0.05, 0.1) is 6.33 Å². The lowest BCUT2D eigenvalue weighted by atomic mass is 9.77. The Morgan fingerprint density at radius 2 is 1.95 bits per heavy atom. The highest BCUT2D eigenvalue weighted by Crippen LogP contribution is 2.38. The second-order valence-electron chi connectivity index (χ2n) is 5.93. The zero-order chi connectivity index (χ0) is 14.4. The van der Waals surface area contributed by atoms with Gasteiger partial charge in [-0.2, -0.15) is 0 Å². The Morgan fingerprint density at radius 3 is 2.55 bits per heavy atom. The standard InChI is InChI=1S/C18H24F2/c1-2-3-4-14-5-7-15(8-6-14)17-10-9-16(11-12-19)18(20)13-17/h9-15H,2-8H2,1H3/b12-11+. The number of hydrogen-bond donors (Lipinski definition) is 0.